The van der Waals surface area contributed by atoms with Gasteiger partial charge < -0.3 is 19.3 Å². The molecule has 6 atom stereocenters. The molecule has 0 aliphatic carbocycles. The van der Waals surface area contributed by atoms with E-state index in [0.29, 0.717) is 12.2 Å². The number of hydrogen-bond donors (Lipinski definition) is 1. The molecule has 0 saturated carbocycles. The van der Waals surface area contributed by atoms with Gasteiger partial charge in [-0.3, -0.25) is 9.59 Å². The van der Waals surface area contributed by atoms with Crippen LogP contribution in [0.2, 0.25) is 0 Å². The summed E-state index contributed by atoms with van der Waals surface area (Å²) in [6.07, 6.45) is -1.38. The normalized spacial score (nSPS) is 38.4. The van der Waals surface area contributed by atoms with Crippen LogP contribution in [-0.2, 0) is 28.6 Å². The number of fused-ring (bicyclic) bond motifs is 3. The van der Waals surface area contributed by atoms with Crippen molar-refractivity contribution in [3.63, 3.8) is 0 Å². The molecule has 2 fully saturated rings. The molecule has 0 radical (unpaired) electrons. The molecule has 0 spiro atoms. The first-order chi connectivity index (χ1) is 12.5. The average molecular weight is 378 g/mol. The number of aliphatic hydroxyl groups excluding tert-OH is 1. The number of hydrogen-bond acceptors (Lipinski definition) is 7. The minimum absolute atomic E-state index is 0.0553. The highest BCUT2D eigenvalue weighted by molar-refractivity contribution is 6.00. The van der Waals surface area contributed by atoms with E-state index >= 15 is 0 Å². The minimum atomic E-state index is -1.59. The zero-order valence-electron chi connectivity index (χ0n) is 16.1. The van der Waals surface area contributed by atoms with Crippen LogP contribution >= 0.6 is 0 Å². The lowest BCUT2D eigenvalue weighted by Gasteiger charge is -2.36. The second-order valence-electron chi connectivity index (χ2n) is 8.25. The van der Waals surface area contributed by atoms with Crippen molar-refractivity contribution in [3.05, 3.63) is 24.0 Å². The molecule has 6 unspecified atom stereocenters. The molecule has 7 heteroatoms. The standard InChI is InChI=1S/C20H26O7/c1-9(2)6-15(22)26-17-16-11(4)19(24)25-13(16)7-10(3)12-8-14(21)20(5,27-12)18(17)23/h8-10,13,16-18,23H,4,6-7H2,1-3,5H3. The minimum Gasteiger partial charge on any atom is -0.480 e. The van der Waals surface area contributed by atoms with Crippen LogP contribution in [0.25, 0.3) is 0 Å². The molecule has 3 aliphatic heterocycles. The molecule has 0 aromatic heterocycles. The van der Waals surface area contributed by atoms with E-state index in [1.54, 1.807) is 0 Å². The van der Waals surface area contributed by atoms with Crippen LogP contribution in [0.4, 0.5) is 0 Å². The van der Waals surface area contributed by atoms with E-state index in [1.807, 2.05) is 20.8 Å². The molecule has 3 rings (SSSR count). The van der Waals surface area contributed by atoms with Crippen molar-refractivity contribution in [1.29, 1.82) is 0 Å². The molecule has 7 nitrogen and oxygen atoms in total. The Morgan fingerprint density at radius 3 is 2.74 bits per heavy atom. The highest BCUT2D eigenvalue weighted by Crippen LogP contribution is 2.44. The summed E-state index contributed by atoms with van der Waals surface area (Å²) in [4.78, 5) is 37.1. The van der Waals surface area contributed by atoms with Gasteiger partial charge in [0.15, 0.2) is 5.60 Å². The fraction of sp³-hybridized carbons (Fsp3) is 0.650. The summed E-state index contributed by atoms with van der Waals surface area (Å²) in [5.74, 6) is -1.94. The third-order valence-corrected chi connectivity index (χ3v) is 5.56. The maximum absolute atomic E-state index is 12.6. The first kappa shape index (κ1) is 19.6. The lowest BCUT2D eigenvalue weighted by Crippen LogP contribution is -2.55. The smallest absolute Gasteiger partial charge is 0.334 e. The molecular weight excluding hydrogens is 352 g/mol. The SMILES string of the molecule is C=C1C(=O)OC2CC(C)C3=CC(=O)C(C)(O3)C(O)C(OC(=O)CC(C)C)C12. The lowest BCUT2D eigenvalue weighted by atomic mass is 9.78. The maximum Gasteiger partial charge on any atom is 0.334 e. The van der Waals surface area contributed by atoms with Crippen molar-refractivity contribution in [2.75, 3.05) is 0 Å². The molecule has 3 aliphatic rings. The Hall–Kier alpha value is -2.15. The van der Waals surface area contributed by atoms with Crippen molar-refractivity contribution in [2.45, 2.75) is 64.4 Å². The Labute approximate surface area is 158 Å². The monoisotopic (exact) mass is 378 g/mol. The fourth-order valence-corrected chi connectivity index (χ4v) is 3.94. The van der Waals surface area contributed by atoms with Crippen LogP contribution in [0.15, 0.2) is 24.0 Å². The van der Waals surface area contributed by atoms with Gasteiger partial charge in [0, 0.05) is 24.0 Å². The number of aliphatic hydroxyl groups is 1. The predicted molar refractivity (Wildman–Crippen MR) is 94.2 cm³/mol. The second kappa shape index (κ2) is 6.78. The number of rotatable bonds is 3. The first-order valence-corrected chi connectivity index (χ1v) is 9.27. The van der Waals surface area contributed by atoms with Gasteiger partial charge >= 0.3 is 11.9 Å². The summed E-state index contributed by atoms with van der Waals surface area (Å²) in [5, 5.41) is 11.1. The Morgan fingerprint density at radius 1 is 1.44 bits per heavy atom. The Balaban J connectivity index is 2.02. The number of carbonyl (C=O) groups excluding carboxylic acids is 3. The molecule has 148 valence electrons. The Kier molecular flexibility index (Phi) is 4.93. The van der Waals surface area contributed by atoms with Gasteiger partial charge in [-0.2, -0.15) is 0 Å². The van der Waals surface area contributed by atoms with Crippen LogP contribution in [0.5, 0.6) is 0 Å². The summed E-state index contributed by atoms with van der Waals surface area (Å²) in [6, 6.07) is 0. The van der Waals surface area contributed by atoms with Crippen molar-refractivity contribution < 1.29 is 33.7 Å². The summed E-state index contributed by atoms with van der Waals surface area (Å²) in [5.41, 5.74) is -1.45. The Morgan fingerprint density at radius 2 is 2.11 bits per heavy atom. The number of ether oxygens (including phenoxy) is 3. The molecule has 27 heavy (non-hydrogen) atoms. The fourth-order valence-electron chi connectivity index (χ4n) is 3.94. The topological polar surface area (TPSA) is 99.1 Å². The maximum atomic E-state index is 12.6. The Bertz CT molecular complexity index is 722. The number of esters is 2. The third kappa shape index (κ3) is 3.29. The quantitative estimate of drug-likeness (QED) is 0.589. The van der Waals surface area contributed by atoms with Gasteiger partial charge in [-0.05, 0) is 19.3 Å². The zero-order valence-corrected chi connectivity index (χ0v) is 16.1. The van der Waals surface area contributed by atoms with Gasteiger partial charge in [-0.1, -0.05) is 27.4 Å². The molecule has 3 heterocycles. The van der Waals surface area contributed by atoms with Crippen molar-refractivity contribution in [3.8, 4) is 0 Å². The predicted octanol–water partition coefficient (Wildman–Crippen LogP) is 1.68. The van der Waals surface area contributed by atoms with E-state index in [1.165, 1.54) is 13.0 Å². The van der Waals surface area contributed by atoms with Gasteiger partial charge in [0.2, 0.25) is 5.78 Å². The summed E-state index contributed by atoms with van der Waals surface area (Å²) in [6.45, 7) is 10.9. The van der Waals surface area contributed by atoms with E-state index in [9.17, 15) is 19.5 Å². The molecule has 0 aromatic rings. The summed E-state index contributed by atoms with van der Waals surface area (Å²) in [7, 11) is 0. The molecule has 0 aromatic carbocycles. The van der Waals surface area contributed by atoms with Crippen LogP contribution in [0.3, 0.4) is 0 Å². The van der Waals surface area contributed by atoms with Gasteiger partial charge in [-0.15, -0.1) is 0 Å². The molecule has 1 N–H and O–H groups in total. The molecule has 2 saturated heterocycles. The van der Waals surface area contributed by atoms with Gasteiger partial charge in [0.25, 0.3) is 0 Å². The largest absolute Gasteiger partial charge is 0.480 e. The lowest BCUT2D eigenvalue weighted by molar-refractivity contribution is -0.179. The number of allylic oxidation sites excluding steroid dienone is 1. The summed E-state index contributed by atoms with van der Waals surface area (Å²) < 4.78 is 16.9. The van der Waals surface area contributed by atoms with Crippen LogP contribution in [0, 0.1) is 17.8 Å². The van der Waals surface area contributed by atoms with E-state index < -0.39 is 47.6 Å². The summed E-state index contributed by atoms with van der Waals surface area (Å²) >= 11 is 0. The molecular formula is C20H26O7. The highest BCUT2D eigenvalue weighted by Gasteiger charge is 2.58. The van der Waals surface area contributed by atoms with E-state index in [2.05, 4.69) is 6.58 Å². The van der Waals surface area contributed by atoms with Crippen molar-refractivity contribution >= 4 is 17.7 Å². The van der Waals surface area contributed by atoms with Crippen molar-refractivity contribution in [1.82, 2.24) is 0 Å². The van der Waals surface area contributed by atoms with Crippen LogP contribution in [0.1, 0.15) is 40.5 Å². The third-order valence-electron chi connectivity index (χ3n) is 5.56. The van der Waals surface area contributed by atoms with Crippen LogP contribution < -0.4 is 0 Å². The molecule has 0 amide bonds. The van der Waals surface area contributed by atoms with Gasteiger partial charge in [0.1, 0.15) is 24.1 Å². The highest BCUT2D eigenvalue weighted by atomic mass is 16.6. The van der Waals surface area contributed by atoms with Crippen LogP contribution in [-0.4, -0.2) is 46.7 Å². The number of ketones is 1. The van der Waals surface area contributed by atoms with E-state index in [-0.39, 0.29) is 23.8 Å². The first-order valence-electron chi connectivity index (χ1n) is 9.27. The van der Waals surface area contributed by atoms with Crippen molar-refractivity contribution in [2.24, 2.45) is 17.8 Å². The second-order valence-corrected chi connectivity index (χ2v) is 8.25. The van der Waals surface area contributed by atoms with Gasteiger partial charge in [0.05, 0.1) is 5.92 Å². The zero-order chi connectivity index (χ0) is 20.1. The van der Waals surface area contributed by atoms with E-state index in [0.717, 1.165) is 0 Å². The number of carbonyl (C=O) groups is 3. The van der Waals surface area contributed by atoms with E-state index in [4.69, 9.17) is 14.2 Å². The molecule has 2 bridgehead atoms. The average Bonchev–Trinajstić information content (AvgIpc) is 3.02. The van der Waals surface area contributed by atoms with Gasteiger partial charge in [-0.25, -0.2) is 4.79 Å².